The van der Waals surface area contributed by atoms with Crippen molar-refractivity contribution in [2.45, 2.75) is 14.8 Å². The summed E-state index contributed by atoms with van der Waals surface area (Å²) in [6, 6.07) is 7.07. The number of rotatable bonds is 2. The van der Waals surface area contributed by atoms with Crippen LogP contribution in [0.4, 0.5) is 0 Å². The van der Waals surface area contributed by atoms with Crippen molar-refractivity contribution in [2.75, 3.05) is 0 Å². The maximum atomic E-state index is 12.1. The summed E-state index contributed by atoms with van der Waals surface area (Å²) in [5, 5.41) is 9.05. The van der Waals surface area contributed by atoms with Crippen molar-refractivity contribution < 1.29 is 4.79 Å². The van der Waals surface area contributed by atoms with Gasteiger partial charge in [0, 0.05) is 0 Å². The van der Waals surface area contributed by atoms with Crippen LogP contribution < -0.4 is 0 Å². The van der Waals surface area contributed by atoms with Crippen LogP contribution in [0.3, 0.4) is 0 Å². The molecular weight excluding hydrogens is 375 g/mol. The number of halogens is 1. The van der Waals surface area contributed by atoms with Gasteiger partial charge in [0.05, 0.1) is 0 Å². The van der Waals surface area contributed by atoms with E-state index in [-0.39, 0.29) is 5.91 Å². The molecule has 0 radical (unpaired) electrons. The van der Waals surface area contributed by atoms with Gasteiger partial charge in [0.25, 0.3) is 0 Å². The molecular formula is C11H13BrN2OSn. The number of nitrogens with zero attached hydrogens (tertiary/aromatic N) is 2. The third kappa shape index (κ3) is 3.22. The van der Waals surface area contributed by atoms with Crippen molar-refractivity contribution >= 4 is 40.5 Å². The molecule has 0 aromatic heterocycles. The summed E-state index contributed by atoms with van der Waals surface area (Å²) in [7, 11) is 0. The molecule has 5 heteroatoms. The van der Waals surface area contributed by atoms with E-state index in [1.54, 1.807) is 24.3 Å². The molecule has 1 aromatic rings. The van der Waals surface area contributed by atoms with E-state index < -0.39 is 18.7 Å². The van der Waals surface area contributed by atoms with E-state index in [1.165, 1.54) is 3.12 Å². The molecule has 84 valence electrons. The molecule has 1 rings (SSSR count). The Kier molecular flexibility index (Phi) is 4.39. The van der Waals surface area contributed by atoms with Crippen molar-refractivity contribution in [2.24, 2.45) is 0 Å². The van der Waals surface area contributed by atoms with Crippen LogP contribution in [-0.4, -0.2) is 27.7 Å². The topological polar surface area (TPSA) is 44.1 Å². The average molecular weight is 388 g/mol. The number of nitriles is 1. The van der Waals surface area contributed by atoms with Crippen molar-refractivity contribution in [3.8, 4) is 6.19 Å². The van der Waals surface area contributed by atoms with Crippen LogP contribution in [0.2, 0.25) is 14.8 Å². The second-order valence-corrected chi connectivity index (χ2v) is 19.0. The molecule has 0 aliphatic carbocycles. The van der Waals surface area contributed by atoms with Crippen LogP contribution in [0.1, 0.15) is 10.4 Å². The van der Waals surface area contributed by atoms with Crippen LogP contribution in [0.5, 0.6) is 0 Å². The molecule has 0 aliphatic rings. The Bertz CT molecular complexity index is 431. The number of hydrogen-bond acceptors (Lipinski definition) is 2. The number of carbonyl (C=O) groups excluding carboxylic acids is 1. The minimum absolute atomic E-state index is 0.182. The van der Waals surface area contributed by atoms with Gasteiger partial charge in [0.1, 0.15) is 0 Å². The molecule has 0 unspecified atom stereocenters. The molecule has 0 atom stereocenters. The number of benzene rings is 1. The standard InChI is InChI=1S/C8H5BrN2O.3CH3.Sn/c9-7-3-1-6(2-4-7)8(12)11-5-10;;;;/h1-4H,(H,11,12);3*1H3;/q;;;;+1/p-1. The Morgan fingerprint density at radius 2 is 1.81 bits per heavy atom. The van der Waals surface area contributed by atoms with Gasteiger partial charge in [-0.2, -0.15) is 0 Å². The van der Waals surface area contributed by atoms with Crippen LogP contribution in [0.15, 0.2) is 28.7 Å². The SMILES string of the molecule is [CH3][Sn]([CH3])([CH3])[N](C#N)C(=O)c1ccc(Br)cc1. The molecule has 0 heterocycles. The molecule has 0 saturated carbocycles. The zero-order valence-electron chi connectivity index (χ0n) is 9.49. The number of amides is 1. The summed E-state index contributed by atoms with van der Waals surface area (Å²) in [6.07, 6.45) is 2.02. The van der Waals surface area contributed by atoms with Gasteiger partial charge in [-0.1, -0.05) is 0 Å². The normalized spacial score (nSPS) is 10.7. The van der Waals surface area contributed by atoms with Crippen molar-refractivity contribution in [3.63, 3.8) is 0 Å². The molecule has 0 aliphatic heterocycles. The van der Waals surface area contributed by atoms with Crippen molar-refractivity contribution in [1.82, 2.24) is 3.12 Å². The quantitative estimate of drug-likeness (QED) is 0.444. The Balaban J connectivity index is 3.02. The van der Waals surface area contributed by atoms with Gasteiger partial charge in [-0.05, 0) is 0 Å². The third-order valence-electron chi connectivity index (χ3n) is 2.07. The minimum atomic E-state index is -2.67. The summed E-state index contributed by atoms with van der Waals surface area (Å²) >= 11 is 0.642. The maximum absolute atomic E-state index is 12.1. The fourth-order valence-corrected chi connectivity index (χ4v) is 4.45. The fraction of sp³-hybridized carbons (Fsp3) is 0.273. The second kappa shape index (κ2) is 5.19. The summed E-state index contributed by atoms with van der Waals surface area (Å²) in [4.78, 5) is 18.2. The van der Waals surface area contributed by atoms with E-state index >= 15 is 0 Å². The van der Waals surface area contributed by atoms with Crippen LogP contribution in [0, 0.1) is 11.5 Å². The van der Waals surface area contributed by atoms with Crippen LogP contribution in [0.25, 0.3) is 0 Å². The van der Waals surface area contributed by atoms with Crippen molar-refractivity contribution in [1.29, 1.82) is 5.26 Å². The van der Waals surface area contributed by atoms with Gasteiger partial charge in [0.15, 0.2) is 0 Å². The first-order chi connectivity index (χ1) is 7.36. The molecule has 0 N–H and O–H groups in total. The van der Waals surface area contributed by atoms with Gasteiger partial charge >= 0.3 is 109 Å². The van der Waals surface area contributed by atoms with E-state index in [0.29, 0.717) is 5.56 Å². The van der Waals surface area contributed by atoms with E-state index in [4.69, 9.17) is 5.26 Å². The predicted octanol–water partition coefficient (Wildman–Crippen LogP) is 3.21. The zero-order valence-corrected chi connectivity index (χ0v) is 13.9. The second-order valence-electron chi connectivity index (χ2n) is 4.42. The fourth-order valence-electron chi connectivity index (χ4n) is 1.22. The summed E-state index contributed by atoms with van der Waals surface area (Å²) in [5.41, 5.74) is 0.566. The van der Waals surface area contributed by atoms with Gasteiger partial charge in [-0.25, -0.2) is 0 Å². The molecule has 16 heavy (non-hydrogen) atoms. The van der Waals surface area contributed by atoms with E-state index in [2.05, 4.69) is 15.9 Å². The molecule has 0 fully saturated rings. The Hall–Kier alpha value is -0.541. The number of carbonyl (C=O) groups is 1. The Morgan fingerprint density at radius 3 is 2.19 bits per heavy atom. The van der Waals surface area contributed by atoms with Crippen LogP contribution in [-0.2, 0) is 0 Å². The van der Waals surface area contributed by atoms with Gasteiger partial charge in [-0.3, -0.25) is 0 Å². The Morgan fingerprint density at radius 1 is 1.31 bits per heavy atom. The average Bonchev–Trinajstić information content (AvgIpc) is 2.17. The van der Waals surface area contributed by atoms with Crippen LogP contribution >= 0.6 is 15.9 Å². The van der Waals surface area contributed by atoms with Gasteiger partial charge in [-0.15, -0.1) is 0 Å². The Labute approximate surface area is 108 Å². The van der Waals surface area contributed by atoms with E-state index in [0.717, 1.165) is 4.47 Å². The van der Waals surface area contributed by atoms with Gasteiger partial charge in [0.2, 0.25) is 0 Å². The summed E-state index contributed by atoms with van der Waals surface area (Å²) in [6.45, 7) is 0. The van der Waals surface area contributed by atoms with Gasteiger partial charge < -0.3 is 0 Å². The summed E-state index contributed by atoms with van der Waals surface area (Å²) < 4.78 is 2.31. The molecule has 0 saturated heterocycles. The molecule has 0 spiro atoms. The predicted molar refractivity (Wildman–Crippen MR) is 69.3 cm³/mol. The van der Waals surface area contributed by atoms with E-state index in [9.17, 15) is 4.79 Å². The monoisotopic (exact) mass is 388 g/mol. The first kappa shape index (κ1) is 13.5. The first-order valence-corrected chi connectivity index (χ1v) is 15.5. The van der Waals surface area contributed by atoms with Crippen molar-refractivity contribution in [3.05, 3.63) is 34.3 Å². The molecule has 3 nitrogen and oxygen atoms in total. The molecule has 0 bridgehead atoms. The first-order valence-electron chi connectivity index (χ1n) is 4.86. The number of hydrogen-bond donors (Lipinski definition) is 0. The summed E-state index contributed by atoms with van der Waals surface area (Å²) in [5.74, 6) is -0.182. The third-order valence-corrected chi connectivity index (χ3v) is 7.29. The zero-order chi connectivity index (χ0) is 12.3. The molecule has 1 amide bonds. The van der Waals surface area contributed by atoms with E-state index in [1.807, 2.05) is 21.0 Å². The molecule has 1 aromatic carbocycles.